The van der Waals surface area contributed by atoms with E-state index in [9.17, 15) is 4.79 Å². The molecule has 19 heavy (non-hydrogen) atoms. The highest BCUT2D eigenvalue weighted by molar-refractivity contribution is 5.89. The molecule has 0 saturated heterocycles. The quantitative estimate of drug-likeness (QED) is 0.737. The average Bonchev–Trinajstić information content (AvgIpc) is 2.36. The summed E-state index contributed by atoms with van der Waals surface area (Å²) in [4.78, 5) is 16.0. The molecule has 0 spiro atoms. The van der Waals surface area contributed by atoms with Crippen molar-refractivity contribution in [3.8, 4) is 0 Å². The van der Waals surface area contributed by atoms with Gasteiger partial charge in [0.15, 0.2) is 0 Å². The van der Waals surface area contributed by atoms with Crippen molar-refractivity contribution in [1.29, 1.82) is 0 Å². The highest BCUT2D eigenvalue weighted by Crippen LogP contribution is 2.11. The number of carbonyl (C=O) groups is 1. The Morgan fingerprint density at radius 3 is 2.79 bits per heavy atom. The van der Waals surface area contributed by atoms with Crippen LogP contribution in [0.4, 0.5) is 16.2 Å². The van der Waals surface area contributed by atoms with Crippen molar-refractivity contribution in [3.63, 3.8) is 0 Å². The molecular weight excluding hydrogens is 240 g/mol. The number of benzene rings is 1. The van der Waals surface area contributed by atoms with E-state index in [0.717, 1.165) is 11.4 Å². The van der Waals surface area contributed by atoms with E-state index in [4.69, 9.17) is 5.73 Å². The SMILES string of the molecule is Cc1cccc(CNC(=O)Nc2cccc(N)c2)n1. The molecule has 4 N–H and O–H groups in total. The summed E-state index contributed by atoms with van der Waals surface area (Å²) < 4.78 is 0. The minimum Gasteiger partial charge on any atom is -0.399 e. The van der Waals surface area contributed by atoms with Gasteiger partial charge in [-0.25, -0.2) is 4.79 Å². The monoisotopic (exact) mass is 256 g/mol. The number of anilines is 2. The summed E-state index contributed by atoms with van der Waals surface area (Å²) in [5.41, 5.74) is 8.65. The van der Waals surface area contributed by atoms with Crippen LogP contribution in [0.2, 0.25) is 0 Å². The molecule has 5 heteroatoms. The lowest BCUT2D eigenvalue weighted by Crippen LogP contribution is -2.28. The Labute approximate surface area is 111 Å². The van der Waals surface area contributed by atoms with Crippen molar-refractivity contribution in [3.05, 3.63) is 53.9 Å². The fourth-order valence-corrected chi connectivity index (χ4v) is 1.66. The number of carbonyl (C=O) groups excluding carboxylic acids is 1. The fraction of sp³-hybridized carbons (Fsp3) is 0.143. The number of urea groups is 1. The third kappa shape index (κ3) is 3.99. The molecule has 0 saturated carbocycles. The van der Waals surface area contributed by atoms with E-state index in [1.807, 2.05) is 25.1 Å². The molecule has 0 bridgehead atoms. The molecule has 2 aromatic rings. The van der Waals surface area contributed by atoms with E-state index in [0.29, 0.717) is 17.9 Å². The molecule has 0 aliphatic heterocycles. The van der Waals surface area contributed by atoms with E-state index in [2.05, 4.69) is 15.6 Å². The Morgan fingerprint density at radius 1 is 1.26 bits per heavy atom. The Balaban J connectivity index is 1.88. The highest BCUT2D eigenvalue weighted by atomic mass is 16.2. The highest BCUT2D eigenvalue weighted by Gasteiger charge is 2.02. The van der Waals surface area contributed by atoms with Crippen LogP contribution in [0.3, 0.4) is 0 Å². The van der Waals surface area contributed by atoms with E-state index in [-0.39, 0.29) is 6.03 Å². The Kier molecular flexibility index (Phi) is 3.97. The van der Waals surface area contributed by atoms with Gasteiger partial charge in [-0.1, -0.05) is 12.1 Å². The van der Waals surface area contributed by atoms with E-state index < -0.39 is 0 Å². The number of nitrogen functional groups attached to an aromatic ring is 1. The molecular formula is C14H16N4O. The first kappa shape index (κ1) is 12.9. The third-order valence-electron chi connectivity index (χ3n) is 2.52. The summed E-state index contributed by atoms with van der Waals surface area (Å²) in [6.45, 7) is 2.30. The zero-order valence-corrected chi connectivity index (χ0v) is 10.7. The van der Waals surface area contributed by atoms with Crippen molar-refractivity contribution in [2.75, 3.05) is 11.1 Å². The molecule has 0 unspecified atom stereocenters. The first-order chi connectivity index (χ1) is 9.13. The number of amides is 2. The molecule has 2 amide bonds. The summed E-state index contributed by atoms with van der Waals surface area (Å²) in [5, 5.41) is 5.45. The molecule has 0 aliphatic rings. The number of aryl methyl sites for hydroxylation is 1. The first-order valence-corrected chi connectivity index (χ1v) is 5.96. The maximum absolute atomic E-state index is 11.7. The van der Waals surface area contributed by atoms with Crippen molar-refractivity contribution in [2.45, 2.75) is 13.5 Å². The largest absolute Gasteiger partial charge is 0.399 e. The van der Waals surface area contributed by atoms with Crippen LogP contribution in [-0.2, 0) is 6.54 Å². The standard InChI is InChI=1S/C14H16N4O/c1-10-4-2-7-13(17-10)9-16-14(19)18-12-6-3-5-11(15)8-12/h2-8H,9,15H2,1H3,(H2,16,18,19). The van der Waals surface area contributed by atoms with Crippen molar-refractivity contribution in [1.82, 2.24) is 10.3 Å². The van der Waals surface area contributed by atoms with Gasteiger partial charge in [0.25, 0.3) is 0 Å². The Bertz CT molecular complexity index is 583. The average molecular weight is 256 g/mol. The van der Waals surface area contributed by atoms with E-state index in [1.54, 1.807) is 24.3 Å². The molecule has 1 aromatic carbocycles. The number of nitrogens with one attached hydrogen (secondary N) is 2. The first-order valence-electron chi connectivity index (χ1n) is 5.96. The van der Waals surface area contributed by atoms with Gasteiger partial charge in [0, 0.05) is 17.1 Å². The molecule has 0 radical (unpaired) electrons. The number of aromatic nitrogens is 1. The van der Waals surface area contributed by atoms with Crippen LogP contribution in [0, 0.1) is 6.92 Å². The summed E-state index contributed by atoms with van der Waals surface area (Å²) in [5.74, 6) is 0. The lowest BCUT2D eigenvalue weighted by Gasteiger charge is -2.08. The van der Waals surface area contributed by atoms with Crippen molar-refractivity contribution in [2.24, 2.45) is 0 Å². The number of nitrogens with two attached hydrogens (primary N) is 1. The van der Waals surface area contributed by atoms with Gasteiger partial charge in [-0.15, -0.1) is 0 Å². The molecule has 98 valence electrons. The number of hydrogen-bond donors (Lipinski definition) is 3. The lowest BCUT2D eigenvalue weighted by atomic mass is 10.3. The molecule has 0 aliphatic carbocycles. The summed E-state index contributed by atoms with van der Waals surface area (Å²) in [7, 11) is 0. The molecule has 0 atom stereocenters. The summed E-state index contributed by atoms with van der Waals surface area (Å²) >= 11 is 0. The van der Waals surface area contributed by atoms with Crippen molar-refractivity contribution >= 4 is 17.4 Å². The van der Waals surface area contributed by atoms with Gasteiger partial charge < -0.3 is 16.4 Å². The summed E-state index contributed by atoms with van der Waals surface area (Å²) in [6, 6.07) is 12.4. The second-order valence-corrected chi connectivity index (χ2v) is 4.20. The maximum Gasteiger partial charge on any atom is 0.319 e. The second-order valence-electron chi connectivity index (χ2n) is 4.20. The van der Waals surface area contributed by atoms with Crippen molar-refractivity contribution < 1.29 is 4.79 Å². The second kappa shape index (κ2) is 5.86. The normalized spacial score (nSPS) is 9.95. The van der Waals surface area contributed by atoms with Crippen LogP contribution in [0.1, 0.15) is 11.4 Å². The van der Waals surface area contributed by atoms with Gasteiger partial charge in [-0.05, 0) is 37.3 Å². The number of rotatable bonds is 3. The van der Waals surface area contributed by atoms with E-state index in [1.165, 1.54) is 0 Å². The van der Waals surface area contributed by atoms with Crippen LogP contribution in [0.15, 0.2) is 42.5 Å². The Hall–Kier alpha value is -2.56. The van der Waals surface area contributed by atoms with Gasteiger partial charge in [-0.3, -0.25) is 4.98 Å². The molecule has 1 heterocycles. The number of pyridine rings is 1. The van der Waals surface area contributed by atoms with Gasteiger partial charge in [-0.2, -0.15) is 0 Å². The van der Waals surface area contributed by atoms with Gasteiger partial charge in [0.05, 0.1) is 12.2 Å². The molecule has 5 nitrogen and oxygen atoms in total. The number of hydrogen-bond acceptors (Lipinski definition) is 3. The maximum atomic E-state index is 11.7. The molecule has 0 fully saturated rings. The fourth-order valence-electron chi connectivity index (χ4n) is 1.66. The van der Waals surface area contributed by atoms with Crippen LogP contribution < -0.4 is 16.4 Å². The predicted molar refractivity (Wildman–Crippen MR) is 75.7 cm³/mol. The van der Waals surface area contributed by atoms with Crippen LogP contribution >= 0.6 is 0 Å². The van der Waals surface area contributed by atoms with Gasteiger partial charge in [0.1, 0.15) is 0 Å². The van der Waals surface area contributed by atoms with Crippen LogP contribution in [0.5, 0.6) is 0 Å². The zero-order valence-electron chi connectivity index (χ0n) is 10.7. The number of nitrogens with zero attached hydrogens (tertiary/aromatic N) is 1. The van der Waals surface area contributed by atoms with Gasteiger partial charge >= 0.3 is 6.03 Å². The minimum absolute atomic E-state index is 0.283. The van der Waals surface area contributed by atoms with Crippen LogP contribution in [-0.4, -0.2) is 11.0 Å². The van der Waals surface area contributed by atoms with E-state index >= 15 is 0 Å². The topological polar surface area (TPSA) is 80.0 Å². The minimum atomic E-state index is -0.283. The Morgan fingerprint density at radius 2 is 2.05 bits per heavy atom. The predicted octanol–water partition coefficient (Wildman–Crippen LogP) is 2.29. The van der Waals surface area contributed by atoms with Crippen LogP contribution in [0.25, 0.3) is 0 Å². The molecule has 2 rings (SSSR count). The van der Waals surface area contributed by atoms with Gasteiger partial charge in [0.2, 0.25) is 0 Å². The third-order valence-corrected chi connectivity index (χ3v) is 2.52. The smallest absolute Gasteiger partial charge is 0.319 e. The zero-order chi connectivity index (χ0) is 13.7. The lowest BCUT2D eigenvalue weighted by molar-refractivity contribution is 0.251. The summed E-state index contributed by atoms with van der Waals surface area (Å²) in [6.07, 6.45) is 0. The molecule has 1 aromatic heterocycles.